The van der Waals surface area contributed by atoms with Gasteiger partial charge in [-0.05, 0) is 68.6 Å². The molecule has 0 N–H and O–H groups in total. The molecule has 1 aromatic heterocycles. The van der Waals surface area contributed by atoms with E-state index >= 15 is 0 Å². The van der Waals surface area contributed by atoms with E-state index in [9.17, 15) is 9.59 Å². The van der Waals surface area contributed by atoms with Gasteiger partial charge >= 0.3 is 5.97 Å². The van der Waals surface area contributed by atoms with E-state index in [1.54, 1.807) is 19.1 Å². The van der Waals surface area contributed by atoms with E-state index in [-0.39, 0.29) is 11.8 Å². The number of esters is 1. The number of carbonyl (C=O) groups is 2. The molecule has 7 nitrogen and oxygen atoms in total. The minimum absolute atomic E-state index is 0.0852. The third-order valence-corrected chi connectivity index (χ3v) is 7.71. The molecule has 3 aliphatic rings. The minimum atomic E-state index is -1.32. The largest absolute Gasteiger partial charge is 0.456 e. The average molecular weight is 482 g/mol. The van der Waals surface area contributed by atoms with Crippen LogP contribution in [0.3, 0.4) is 0 Å². The van der Waals surface area contributed by atoms with Crippen molar-refractivity contribution in [3.63, 3.8) is 0 Å². The first kappa shape index (κ1) is 25.3. The van der Waals surface area contributed by atoms with Crippen LogP contribution < -0.4 is 0 Å². The molecule has 35 heavy (non-hydrogen) atoms. The zero-order chi connectivity index (χ0) is 25.4. The Morgan fingerprint density at radius 3 is 2.69 bits per heavy atom. The Labute approximate surface area is 206 Å². The molecule has 4 rings (SSSR count). The zero-order valence-corrected chi connectivity index (χ0v) is 21.3. The van der Waals surface area contributed by atoms with Crippen molar-refractivity contribution < 1.29 is 28.2 Å². The molecule has 3 heterocycles. The zero-order valence-electron chi connectivity index (χ0n) is 21.3. The van der Waals surface area contributed by atoms with Crippen LogP contribution in [-0.4, -0.2) is 41.8 Å². The number of methoxy groups -OCH3 is 1. The second kappa shape index (κ2) is 9.70. The summed E-state index contributed by atoms with van der Waals surface area (Å²) in [5, 5.41) is 0. The van der Waals surface area contributed by atoms with Crippen molar-refractivity contribution in [2.45, 2.75) is 65.0 Å². The summed E-state index contributed by atoms with van der Waals surface area (Å²) in [6.07, 6.45) is 14.0. The first-order chi connectivity index (χ1) is 16.6. The summed E-state index contributed by atoms with van der Waals surface area (Å²) in [6, 6.07) is 0. The van der Waals surface area contributed by atoms with Crippen molar-refractivity contribution in [2.75, 3.05) is 7.11 Å². The van der Waals surface area contributed by atoms with Gasteiger partial charge in [-0.2, -0.15) is 0 Å². The van der Waals surface area contributed by atoms with Crippen LogP contribution in [0.5, 0.6) is 0 Å². The number of aryl methyl sites for hydroxylation is 1. The molecular formula is C28H35NO6. The lowest BCUT2D eigenvalue weighted by atomic mass is 9.65. The number of rotatable bonds is 6. The molecule has 0 saturated carbocycles. The van der Waals surface area contributed by atoms with E-state index in [1.165, 1.54) is 25.0 Å². The summed E-state index contributed by atoms with van der Waals surface area (Å²) >= 11 is 0. The lowest BCUT2D eigenvalue weighted by Crippen LogP contribution is -2.47. The predicted octanol–water partition coefficient (Wildman–Crippen LogP) is 4.98. The van der Waals surface area contributed by atoms with Crippen LogP contribution in [-0.2, 0) is 23.8 Å². The maximum absolute atomic E-state index is 12.9. The van der Waals surface area contributed by atoms with Crippen molar-refractivity contribution in [2.24, 2.45) is 23.7 Å². The molecule has 1 aromatic rings. The molecule has 0 radical (unpaired) electrons. The van der Waals surface area contributed by atoms with Gasteiger partial charge < -0.3 is 18.6 Å². The number of aromatic nitrogens is 1. The molecule has 7 heteroatoms. The van der Waals surface area contributed by atoms with Gasteiger partial charge in [-0.3, -0.25) is 4.79 Å². The predicted molar refractivity (Wildman–Crippen MR) is 131 cm³/mol. The standard InChI is InChI=1S/C28H35NO6/c1-17(2)22-9-7-18(3)23-14-25(34-26(31)10-8-21-16-33-19(4)29-21)27(5)11-12-28(32-6,35-27)20(15-30)13-24(22)23/h7-8,10-13,15-17,22-25H,9,14H2,1-6H3/b10-8+,20-13-/t22-,23+,24-,25+,27+,28-/m1/s1. The monoisotopic (exact) mass is 481 g/mol. The Morgan fingerprint density at radius 1 is 1.29 bits per heavy atom. The van der Waals surface area contributed by atoms with Crippen molar-refractivity contribution >= 4 is 18.3 Å². The average Bonchev–Trinajstić information content (AvgIpc) is 3.41. The van der Waals surface area contributed by atoms with Crippen molar-refractivity contribution in [1.82, 2.24) is 4.98 Å². The minimum Gasteiger partial charge on any atom is -0.456 e. The second-order valence-corrected chi connectivity index (χ2v) is 10.3. The Morgan fingerprint density at radius 2 is 2.06 bits per heavy atom. The molecule has 0 amide bonds. The highest BCUT2D eigenvalue weighted by Gasteiger charge is 2.53. The van der Waals surface area contributed by atoms with Gasteiger partial charge in [-0.25, -0.2) is 9.78 Å². The first-order valence-electron chi connectivity index (χ1n) is 12.2. The Bertz CT molecular complexity index is 1090. The molecule has 0 fully saturated rings. The summed E-state index contributed by atoms with van der Waals surface area (Å²) in [5.41, 5.74) is 1.25. The SMILES string of the molecule is CO[C@]12C=C[C@](C)(O1)[C@@H](OC(=O)/C=C/c1coc(C)n1)C[C@H]1C(C)=CC[C@H](C(C)C)[C@H]1/C=C\2C=O. The fourth-order valence-corrected chi connectivity index (χ4v) is 5.62. The number of fused-ring (bicyclic) bond motifs is 3. The van der Waals surface area contributed by atoms with Crippen LogP contribution in [0.4, 0.5) is 0 Å². The smallest absolute Gasteiger partial charge is 0.331 e. The summed E-state index contributed by atoms with van der Waals surface area (Å²) in [6.45, 7) is 10.2. The van der Waals surface area contributed by atoms with Crippen LogP contribution in [0.1, 0.15) is 52.1 Å². The van der Waals surface area contributed by atoms with Gasteiger partial charge in [0.15, 0.2) is 12.2 Å². The van der Waals surface area contributed by atoms with E-state index in [0.29, 0.717) is 35.4 Å². The third-order valence-electron chi connectivity index (χ3n) is 7.71. The van der Waals surface area contributed by atoms with E-state index in [2.05, 4.69) is 31.8 Å². The van der Waals surface area contributed by atoms with E-state index in [0.717, 1.165) is 12.7 Å². The quantitative estimate of drug-likeness (QED) is 0.245. The Balaban J connectivity index is 1.72. The third kappa shape index (κ3) is 4.84. The maximum atomic E-state index is 12.9. The van der Waals surface area contributed by atoms with Gasteiger partial charge in [0.1, 0.15) is 23.7 Å². The summed E-state index contributed by atoms with van der Waals surface area (Å²) in [7, 11) is 1.53. The van der Waals surface area contributed by atoms with Gasteiger partial charge in [-0.1, -0.05) is 31.6 Å². The van der Waals surface area contributed by atoms with Crippen LogP contribution in [0.25, 0.3) is 6.08 Å². The number of oxazole rings is 1. The number of carbonyl (C=O) groups excluding carboxylic acids is 2. The number of hydrogen-bond donors (Lipinski definition) is 0. The van der Waals surface area contributed by atoms with Crippen LogP contribution in [0, 0.1) is 30.6 Å². The van der Waals surface area contributed by atoms with Crippen LogP contribution in [0.2, 0.25) is 0 Å². The molecule has 2 aliphatic heterocycles. The highest BCUT2D eigenvalue weighted by molar-refractivity contribution is 5.87. The Hall–Kier alpha value is -2.77. The topological polar surface area (TPSA) is 87.9 Å². The van der Waals surface area contributed by atoms with Gasteiger partial charge in [0, 0.05) is 20.1 Å². The van der Waals surface area contributed by atoms with E-state index < -0.39 is 23.5 Å². The highest BCUT2D eigenvalue weighted by Crippen LogP contribution is 2.49. The fraction of sp³-hybridized carbons (Fsp3) is 0.536. The molecule has 1 aliphatic carbocycles. The second-order valence-electron chi connectivity index (χ2n) is 10.3. The molecule has 0 saturated heterocycles. The molecule has 0 spiro atoms. The number of aldehydes is 1. The van der Waals surface area contributed by atoms with E-state index in [1.807, 2.05) is 19.1 Å². The van der Waals surface area contributed by atoms with Crippen LogP contribution in [0.15, 0.2) is 52.2 Å². The van der Waals surface area contributed by atoms with Crippen molar-refractivity contribution in [3.05, 3.63) is 59.4 Å². The van der Waals surface area contributed by atoms with Gasteiger partial charge in [0.25, 0.3) is 0 Å². The number of ether oxygens (including phenoxy) is 3. The summed E-state index contributed by atoms with van der Waals surface area (Å²) in [4.78, 5) is 29.4. The number of nitrogens with zero attached hydrogens (tertiary/aromatic N) is 1. The van der Waals surface area contributed by atoms with E-state index in [4.69, 9.17) is 18.6 Å². The van der Waals surface area contributed by atoms with Crippen molar-refractivity contribution in [1.29, 1.82) is 0 Å². The lowest BCUT2D eigenvalue weighted by molar-refractivity contribution is -0.224. The fourth-order valence-electron chi connectivity index (χ4n) is 5.62. The molecule has 0 aromatic carbocycles. The molecule has 2 bridgehead atoms. The maximum Gasteiger partial charge on any atom is 0.331 e. The van der Waals surface area contributed by atoms with Crippen molar-refractivity contribution in [3.8, 4) is 0 Å². The van der Waals surface area contributed by atoms with Gasteiger partial charge in [0.2, 0.25) is 5.79 Å². The van der Waals surface area contributed by atoms with Gasteiger partial charge in [0.05, 0.1) is 5.57 Å². The summed E-state index contributed by atoms with van der Waals surface area (Å²) < 4.78 is 23.5. The molecular weight excluding hydrogens is 446 g/mol. The first-order valence-corrected chi connectivity index (χ1v) is 12.2. The highest BCUT2D eigenvalue weighted by atomic mass is 16.7. The Kier molecular flexibility index (Phi) is 7.02. The molecule has 6 atom stereocenters. The van der Waals surface area contributed by atoms with Gasteiger partial charge in [-0.15, -0.1) is 0 Å². The number of hydrogen-bond acceptors (Lipinski definition) is 7. The van der Waals surface area contributed by atoms with Crippen LogP contribution >= 0.6 is 0 Å². The lowest BCUT2D eigenvalue weighted by Gasteiger charge is -2.41. The molecule has 0 unspecified atom stereocenters. The number of allylic oxidation sites excluding steroid dienone is 3. The summed E-state index contributed by atoms with van der Waals surface area (Å²) in [5.74, 6) is -0.370. The normalized spacial score (nSPS) is 36.1. The molecule has 188 valence electrons.